The predicted octanol–water partition coefficient (Wildman–Crippen LogP) is 2.74. The summed E-state index contributed by atoms with van der Waals surface area (Å²) < 4.78 is 25.9. The smallest absolute Gasteiger partial charge is 0.207 e. The van der Waals surface area contributed by atoms with Crippen LogP contribution in [0.3, 0.4) is 0 Å². The predicted molar refractivity (Wildman–Crippen MR) is 75.5 cm³/mol. The normalized spacial score (nSPS) is 12.3. The van der Waals surface area contributed by atoms with Gasteiger partial charge in [-0.2, -0.15) is 0 Å². The van der Waals surface area contributed by atoms with Crippen LogP contribution in [0.5, 0.6) is 0 Å². The molecule has 0 saturated heterocycles. The molecule has 0 aliphatic rings. The highest BCUT2D eigenvalue weighted by molar-refractivity contribution is 7.89. The molecule has 0 saturated carbocycles. The highest BCUT2D eigenvalue weighted by Gasteiger charge is 2.20. The number of alkyl halides is 1. The van der Waals surface area contributed by atoms with Crippen LogP contribution in [0.2, 0.25) is 0 Å². The summed E-state index contributed by atoms with van der Waals surface area (Å²) in [5.41, 5.74) is 1.05. The molecule has 102 valence electrons. The van der Waals surface area contributed by atoms with Crippen molar-refractivity contribution in [2.45, 2.75) is 25.2 Å². The van der Waals surface area contributed by atoms with Crippen molar-refractivity contribution in [3.8, 4) is 0 Å². The number of sulfonamides is 1. The van der Waals surface area contributed by atoms with Crippen LogP contribution in [0.1, 0.15) is 19.4 Å². The van der Waals surface area contributed by atoms with E-state index in [4.69, 9.17) is 11.6 Å². The van der Waals surface area contributed by atoms with Gasteiger partial charge < -0.3 is 0 Å². The van der Waals surface area contributed by atoms with Crippen molar-refractivity contribution in [1.29, 1.82) is 0 Å². The van der Waals surface area contributed by atoms with Crippen LogP contribution in [-0.4, -0.2) is 32.2 Å². The summed E-state index contributed by atoms with van der Waals surface area (Å²) in [7, 11) is -1.75. The first-order chi connectivity index (χ1) is 8.37. The van der Waals surface area contributed by atoms with Crippen LogP contribution >= 0.6 is 11.6 Å². The van der Waals surface area contributed by atoms with Crippen molar-refractivity contribution in [2.24, 2.45) is 5.92 Å². The topological polar surface area (TPSA) is 37.4 Å². The van der Waals surface area contributed by atoms with Gasteiger partial charge in [-0.15, -0.1) is 11.6 Å². The molecule has 0 aromatic heterocycles. The monoisotopic (exact) mass is 289 g/mol. The summed E-state index contributed by atoms with van der Waals surface area (Å²) in [5, 5.41) is 0. The summed E-state index contributed by atoms with van der Waals surface area (Å²) in [4.78, 5) is 0.337. The Bertz CT molecular complexity index is 468. The van der Waals surface area contributed by atoms with Crippen molar-refractivity contribution in [3.05, 3.63) is 29.8 Å². The van der Waals surface area contributed by atoms with Gasteiger partial charge in [-0.3, -0.25) is 0 Å². The van der Waals surface area contributed by atoms with E-state index in [9.17, 15) is 8.42 Å². The van der Waals surface area contributed by atoms with E-state index in [1.54, 1.807) is 19.2 Å². The lowest BCUT2D eigenvalue weighted by Crippen LogP contribution is -2.30. The molecule has 0 spiro atoms. The zero-order chi connectivity index (χ0) is 13.8. The van der Waals surface area contributed by atoms with Gasteiger partial charge >= 0.3 is 0 Å². The van der Waals surface area contributed by atoms with Gasteiger partial charge in [-0.05, 0) is 30.0 Å². The third-order valence-electron chi connectivity index (χ3n) is 2.64. The maximum absolute atomic E-state index is 12.2. The molecule has 0 bridgehead atoms. The maximum atomic E-state index is 12.2. The summed E-state index contributed by atoms with van der Waals surface area (Å²) in [5.74, 6) is 0.847. The number of nitrogens with zero attached hydrogens (tertiary/aromatic N) is 1. The van der Waals surface area contributed by atoms with Gasteiger partial charge in [0.15, 0.2) is 0 Å². The zero-order valence-electron chi connectivity index (χ0n) is 11.1. The SMILES string of the molecule is CC(C)CN(C)S(=O)(=O)c1ccc(CCCl)cc1. The molecule has 0 radical (unpaired) electrons. The lowest BCUT2D eigenvalue weighted by molar-refractivity contribution is 0.417. The van der Waals surface area contributed by atoms with Gasteiger partial charge in [0.1, 0.15) is 0 Å². The van der Waals surface area contributed by atoms with E-state index in [1.807, 2.05) is 26.0 Å². The van der Waals surface area contributed by atoms with Crippen LogP contribution in [-0.2, 0) is 16.4 Å². The average Bonchev–Trinajstić information content (AvgIpc) is 2.29. The fourth-order valence-electron chi connectivity index (χ4n) is 1.73. The number of hydrogen-bond donors (Lipinski definition) is 0. The highest BCUT2D eigenvalue weighted by atomic mass is 35.5. The molecule has 1 aromatic rings. The van der Waals surface area contributed by atoms with Crippen LogP contribution in [0, 0.1) is 5.92 Å². The van der Waals surface area contributed by atoms with E-state index >= 15 is 0 Å². The van der Waals surface area contributed by atoms with Gasteiger partial charge in [0, 0.05) is 19.5 Å². The average molecular weight is 290 g/mol. The van der Waals surface area contributed by atoms with E-state index in [2.05, 4.69) is 0 Å². The number of hydrogen-bond acceptors (Lipinski definition) is 2. The molecule has 1 rings (SSSR count). The molecular formula is C13H20ClNO2S. The standard InChI is InChI=1S/C13H20ClNO2S/c1-11(2)10-15(3)18(16,17)13-6-4-12(5-7-13)8-9-14/h4-7,11H,8-10H2,1-3H3. The van der Waals surface area contributed by atoms with Gasteiger partial charge in [-0.25, -0.2) is 12.7 Å². The minimum absolute atomic E-state index is 0.306. The number of rotatable bonds is 6. The first kappa shape index (κ1) is 15.5. The van der Waals surface area contributed by atoms with E-state index in [0.717, 1.165) is 12.0 Å². The molecule has 0 atom stereocenters. The fourth-order valence-corrected chi connectivity index (χ4v) is 3.28. The molecule has 0 heterocycles. The third-order valence-corrected chi connectivity index (χ3v) is 4.66. The Morgan fingerprint density at radius 2 is 1.78 bits per heavy atom. The zero-order valence-corrected chi connectivity index (χ0v) is 12.6. The van der Waals surface area contributed by atoms with Crippen molar-refractivity contribution in [1.82, 2.24) is 4.31 Å². The minimum atomic E-state index is -3.37. The molecule has 0 aliphatic heterocycles. The quantitative estimate of drug-likeness (QED) is 0.755. The Kier molecular flexibility index (Phi) is 5.63. The van der Waals surface area contributed by atoms with Crippen LogP contribution in [0.25, 0.3) is 0 Å². The number of benzene rings is 1. The van der Waals surface area contributed by atoms with Gasteiger partial charge in [0.25, 0.3) is 0 Å². The molecule has 3 nitrogen and oxygen atoms in total. The van der Waals surface area contributed by atoms with Crippen LogP contribution < -0.4 is 0 Å². The number of halogens is 1. The number of aryl methyl sites for hydroxylation is 1. The Morgan fingerprint density at radius 3 is 2.22 bits per heavy atom. The molecule has 0 amide bonds. The summed E-state index contributed by atoms with van der Waals surface area (Å²) in [6.45, 7) is 4.51. The molecule has 0 fully saturated rings. The van der Waals surface area contributed by atoms with E-state index in [0.29, 0.717) is 23.2 Å². The lowest BCUT2D eigenvalue weighted by atomic mass is 10.2. The molecule has 0 unspecified atom stereocenters. The lowest BCUT2D eigenvalue weighted by Gasteiger charge is -2.19. The molecule has 18 heavy (non-hydrogen) atoms. The summed E-state index contributed by atoms with van der Waals surface area (Å²) in [6, 6.07) is 6.93. The second kappa shape index (κ2) is 6.55. The Hall–Kier alpha value is -0.580. The second-order valence-corrected chi connectivity index (χ2v) is 7.19. The highest BCUT2D eigenvalue weighted by Crippen LogP contribution is 2.16. The Labute approximate surface area is 115 Å². The summed E-state index contributed by atoms with van der Waals surface area (Å²) in [6.07, 6.45) is 0.754. The maximum Gasteiger partial charge on any atom is 0.242 e. The first-order valence-electron chi connectivity index (χ1n) is 5.99. The Morgan fingerprint density at radius 1 is 1.22 bits per heavy atom. The van der Waals surface area contributed by atoms with Crippen molar-refractivity contribution >= 4 is 21.6 Å². The minimum Gasteiger partial charge on any atom is -0.207 e. The van der Waals surface area contributed by atoms with Gasteiger partial charge in [0.2, 0.25) is 10.0 Å². The van der Waals surface area contributed by atoms with E-state index in [1.165, 1.54) is 4.31 Å². The van der Waals surface area contributed by atoms with Crippen LogP contribution in [0.15, 0.2) is 29.2 Å². The third kappa shape index (κ3) is 3.97. The van der Waals surface area contributed by atoms with Crippen molar-refractivity contribution in [3.63, 3.8) is 0 Å². The molecular weight excluding hydrogens is 270 g/mol. The van der Waals surface area contributed by atoms with Crippen LogP contribution in [0.4, 0.5) is 0 Å². The Balaban J connectivity index is 2.91. The molecule has 5 heteroatoms. The van der Waals surface area contributed by atoms with Gasteiger partial charge in [-0.1, -0.05) is 26.0 Å². The second-order valence-electron chi connectivity index (χ2n) is 4.76. The molecule has 1 aromatic carbocycles. The molecule has 0 N–H and O–H groups in total. The fraction of sp³-hybridized carbons (Fsp3) is 0.538. The first-order valence-corrected chi connectivity index (χ1v) is 7.96. The molecule has 0 aliphatic carbocycles. The largest absolute Gasteiger partial charge is 0.242 e. The van der Waals surface area contributed by atoms with E-state index < -0.39 is 10.0 Å². The summed E-state index contributed by atoms with van der Waals surface area (Å²) >= 11 is 5.65. The van der Waals surface area contributed by atoms with Gasteiger partial charge in [0.05, 0.1) is 4.90 Å². The van der Waals surface area contributed by atoms with E-state index in [-0.39, 0.29) is 0 Å². The van der Waals surface area contributed by atoms with Crippen molar-refractivity contribution in [2.75, 3.05) is 19.5 Å². The van der Waals surface area contributed by atoms with Crippen molar-refractivity contribution < 1.29 is 8.42 Å².